The topological polar surface area (TPSA) is 176 Å². The van der Waals surface area contributed by atoms with Crippen molar-refractivity contribution < 1.29 is 41.9 Å². The van der Waals surface area contributed by atoms with Crippen LogP contribution in [-0.4, -0.2) is 114 Å². The Morgan fingerprint density at radius 1 is 1.15 bits per heavy atom. The zero-order valence-electron chi connectivity index (χ0n) is 28.8. The summed E-state index contributed by atoms with van der Waals surface area (Å²) in [4.78, 5) is 60.3. The summed E-state index contributed by atoms with van der Waals surface area (Å²) in [5.41, 5.74) is 0.505. The lowest BCUT2D eigenvalue weighted by Gasteiger charge is -2.31. The maximum absolute atomic E-state index is 14.0. The number of carbonyl (C=O) groups is 4. The highest BCUT2D eigenvalue weighted by molar-refractivity contribution is 7.92. The number of carbonyl (C=O) groups excluding carboxylic acids is 4. The molecule has 14 heteroatoms. The van der Waals surface area contributed by atoms with E-state index in [-0.39, 0.29) is 73.8 Å². The summed E-state index contributed by atoms with van der Waals surface area (Å²) in [5.74, 6) is -3.23. The van der Waals surface area contributed by atoms with Crippen molar-refractivity contribution in [3.8, 4) is 0 Å². The first-order chi connectivity index (χ1) is 22.7. The molecule has 0 aliphatic carbocycles. The Kier molecular flexibility index (Phi) is 14.3. The largest absolute Gasteiger partial charge is 0.460 e. The molecule has 2 aliphatic rings. The first-order valence-electron chi connectivity index (χ1n) is 16.6. The number of aliphatic hydroxyl groups excluding tert-OH is 1. The number of nitrogens with zero attached hydrogens (tertiary/aromatic N) is 3. The molecule has 1 fully saturated rings. The number of nitrogens with one attached hydrogen (secondary N) is 1. The second kappa shape index (κ2) is 17.7. The number of fused-ring (bicyclic) bond motifs is 3. The van der Waals surface area contributed by atoms with E-state index in [1.165, 1.54) is 12.2 Å². The van der Waals surface area contributed by atoms with E-state index in [9.17, 15) is 32.7 Å². The minimum Gasteiger partial charge on any atom is -0.460 e. The van der Waals surface area contributed by atoms with Crippen molar-refractivity contribution >= 4 is 33.4 Å². The molecule has 266 valence electrons. The fourth-order valence-electron chi connectivity index (χ4n) is 5.99. The normalized spacial score (nSPS) is 28.1. The highest BCUT2D eigenvalue weighted by Gasteiger charge is 2.50. The molecule has 48 heavy (non-hydrogen) atoms. The Balaban J connectivity index is 2.00. The standard InChI is InChI=1S/C34H50N4O9S/c1-7-37(8-2)16-17-48(44,45)28-13-15-38-31(28)34(43)47-32(22(3)4)24(6)11-12-29(41)35-14-9-10-23(5)18-25(39)19-26(40)20-30-36-27(21-46-30)33(38)42/h9-12,18,21-22,24-25,28,31-32,39H,7-8,13-17,19-20H2,1-6H3,(H,35,41)/b10-9+,12-11+,23-18-/t24-,25-,28-,31-,32+/m1/s1. The summed E-state index contributed by atoms with van der Waals surface area (Å²) in [6.07, 6.45) is 6.68. The van der Waals surface area contributed by atoms with Gasteiger partial charge in [0, 0.05) is 32.0 Å². The SMILES string of the molecule is CCN(CC)CCS(=O)(=O)[C@@H]1CCN2C(=O)c3coc(n3)CC(=O)C[C@H](O)/C=C(C)\C=C\CNC(=O)/C=C/[C@@H](C)[C@H](C(C)C)OC(=O)[C@@H]12. The molecule has 1 aromatic rings. The molecule has 3 rings (SSSR count). The molecule has 2 N–H and O–H groups in total. The van der Waals surface area contributed by atoms with E-state index in [1.807, 2.05) is 32.6 Å². The number of esters is 1. The van der Waals surface area contributed by atoms with Gasteiger partial charge in [-0.05, 0) is 38.4 Å². The van der Waals surface area contributed by atoms with Gasteiger partial charge in [0.25, 0.3) is 5.91 Å². The predicted octanol–water partition coefficient (Wildman–Crippen LogP) is 2.27. The third-order valence-corrected chi connectivity index (χ3v) is 10.8. The number of aromatic nitrogens is 1. The summed E-state index contributed by atoms with van der Waals surface area (Å²) < 4.78 is 38.9. The number of aliphatic hydroxyl groups is 1. The van der Waals surface area contributed by atoms with Gasteiger partial charge in [-0.2, -0.15) is 0 Å². The van der Waals surface area contributed by atoms with Crippen LogP contribution in [-0.2, 0) is 35.4 Å². The van der Waals surface area contributed by atoms with Crippen molar-refractivity contribution in [3.05, 3.63) is 53.8 Å². The molecule has 0 saturated carbocycles. The second-order valence-electron chi connectivity index (χ2n) is 12.7. The molecular weight excluding hydrogens is 640 g/mol. The van der Waals surface area contributed by atoms with Gasteiger partial charge in [0.05, 0.1) is 23.5 Å². The highest BCUT2D eigenvalue weighted by Crippen LogP contribution is 2.30. The van der Waals surface area contributed by atoms with Crippen molar-refractivity contribution in [2.24, 2.45) is 11.8 Å². The van der Waals surface area contributed by atoms with Crippen molar-refractivity contribution in [1.82, 2.24) is 20.1 Å². The van der Waals surface area contributed by atoms with Gasteiger partial charge in [-0.1, -0.05) is 64.5 Å². The quantitative estimate of drug-likeness (QED) is 0.402. The highest BCUT2D eigenvalue weighted by atomic mass is 32.2. The van der Waals surface area contributed by atoms with Crippen LogP contribution in [0, 0.1) is 11.8 Å². The number of ketones is 1. The number of oxazole rings is 1. The number of Topliss-reactive ketones (excluding diaryl/α,β-unsaturated/α-hetero) is 1. The number of hydrogen-bond acceptors (Lipinski definition) is 11. The van der Waals surface area contributed by atoms with Gasteiger partial charge < -0.3 is 29.4 Å². The number of hydrogen-bond donors (Lipinski definition) is 2. The first kappa shape index (κ1) is 38.8. The summed E-state index contributed by atoms with van der Waals surface area (Å²) in [6.45, 7) is 12.9. The number of allylic oxidation sites excluding steroid dienone is 2. The molecular formula is C34H50N4O9S. The van der Waals surface area contributed by atoms with Gasteiger partial charge in [0.2, 0.25) is 11.8 Å². The molecule has 0 aromatic carbocycles. The number of cyclic esters (lactones) is 1. The number of ether oxygens (including phenoxy) is 1. The van der Waals surface area contributed by atoms with E-state index in [4.69, 9.17) is 9.15 Å². The summed E-state index contributed by atoms with van der Waals surface area (Å²) in [7, 11) is -3.87. The van der Waals surface area contributed by atoms with Crippen LogP contribution < -0.4 is 5.32 Å². The van der Waals surface area contributed by atoms with Crippen molar-refractivity contribution in [2.45, 2.75) is 84.3 Å². The lowest BCUT2D eigenvalue weighted by Crippen LogP contribution is -2.50. The molecule has 2 aliphatic heterocycles. The third-order valence-electron chi connectivity index (χ3n) is 8.66. The van der Waals surface area contributed by atoms with E-state index >= 15 is 0 Å². The Hall–Kier alpha value is -3.62. The number of sulfone groups is 1. The number of amides is 2. The van der Waals surface area contributed by atoms with Gasteiger partial charge in [-0.3, -0.25) is 14.4 Å². The van der Waals surface area contributed by atoms with E-state index in [0.717, 1.165) is 11.2 Å². The van der Waals surface area contributed by atoms with Crippen molar-refractivity contribution in [2.75, 3.05) is 38.5 Å². The minimum absolute atomic E-state index is 0.0243. The average molecular weight is 691 g/mol. The van der Waals surface area contributed by atoms with Crippen LogP contribution in [0.3, 0.4) is 0 Å². The Bertz CT molecular complexity index is 1490. The molecule has 13 nitrogen and oxygen atoms in total. The van der Waals surface area contributed by atoms with Crippen LogP contribution in [0.5, 0.6) is 0 Å². The molecule has 2 amide bonds. The fourth-order valence-corrected chi connectivity index (χ4v) is 7.92. The summed E-state index contributed by atoms with van der Waals surface area (Å²) in [6, 6.07) is -1.44. The molecule has 3 heterocycles. The van der Waals surface area contributed by atoms with Gasteiger partial charge in [-0.15, -0.1) is 0 Å². The summed E-state index contributed by atoms with van der Waals surface area (Å²) >= 11 is 0. The van der Waals surface area contributed by atoms with E-state index in [2.05, 4.69) is 10.3 Å². The van der Waals surface area contributed by atoms with Gasteiger partial charge in [0.1, 0.15) is 24.2 Å². The van der Waals surface area contributed by atoms with E-state index in [0.29, 0.717) is 18.7 Å². The first-order valence-corrected chi connectivity index (χ1v) is 18.3. The van der Waals surface area contributed by atoms with Gasteiger partial charge in [0.15, 0.2) is 15.5 Å². The number of rotatable bonds is 7. The fraction of sp³-hybridized carbons (Fsp3) is 0.618. The van der Waals surface area contributed by atoms with Gasteiger partial charge in [-0.25, -0.2) is 18.2 Å². The molecule has 5 atom stereocenters. The Labute approximate surface area is 283 Å². The van der Waals surface area contributed by atoms with Crippen LogP contribution in [0.4, 0.5) is 0 Å². The molecule has 1 saturated heterocycles. The second-order valence-corrected chi connectivity index (χ2v) is 15.0. The van der Waals surface area contributed by atoms with Crippen LogP contribution in [0.25, 0.3) is 0 Å². The third kappa shape index (κ3) is 10.7. The minimum atomic E-state index is -3.87. The van der Waals surface area contributed by atoms with Crippen molar-refractivity contribution in [3.63, 3.8) is 0 Å². The monoisotopic (exact) mass is 690 g/mol. The lowest BCUT2D eigenvalue weighted by molar-refractivity contribution is -0.157. The van der Waals surface area contributed by atoms with Crippen LogP contribution >= 0.6 is 0 Å². The predicted molar refractivity (Wildman–Crippen MR) is 180 cm³/mol. The Morgan fingerprint density at radius 3 is 2.52 bits per heavy atom. The molecule has 0 unspecified atom stereocenters. The van der Waals surface area contributed by atoms with Crippen molar-refractivity contribution in [1.29, 1.82) is 0 Å². The van der Waals surface area contributed by atoms with Crippen LogP contribution in [0.15, 0.2) is 46.6 Å². The zero-order chi connectivity index (χ0) is 35.6. The smallest absolute Gasteiger partial charge is 0.330 e. The maximum Gasteiger partial charge on any atom is 0.330 e. The van der Waals surface area contributed by atoms with Gasteiger partial charge >= 0.3 is 5.97 Å². The Morgan fingerprint density at radius 2 is 1.85 bits per heavy atom. The molecule has 1 aromatic heterocycles. The summed E-state index contributed by atoms with van der Waals surface area (Å²) in [5, 5.41) is 11.9. The molecule has 0 spiro atoms. The molecule has 2 bridgehead atoms. The van der Waals surface area contributed by atoms with E-state index in [1.54, 1.807) is 32.1 Å². The lowest BCUT2D eigenvalue weighted by atomic mass is 9.94. The molecule has 0 radical (unpaired) electrons. The zero-order valence-corrected chi connectivity index (χ0v) is 29.6. The maximum atomic E-state index is 14.0. The average Bonchev–Trinajstić information content (AvgIpc) is 3.68. The van der Waals surface area contributed by atoms with Crippen LogP contribution in [0.2, 0.25) is 0 Å². The van der Waals surface area contributed by atoms with Crippen LogP contribution in [0.1, 0.15) is 70.8 Å². The van der Waals surface area contributed by atoms with E-state index < -0.39 is 51.1 Å².